The van der Waals surface area contributed by atoms with Gasteiger partial charge in [0.2, 0.25) is 0 Å². The first-order valence-electron chi connectivity index (χ1n) is 5.48. The minimum Gasteiger partial charge on any atom is -0.322 e. The third-order valence-electron chi connectivity index (χ3n) is 3.11. The van der Waals surface area contributed by atoms with E-state index in [1.807, 2.05) is 9.80 Å². The Bertz CT molecular complexity index is 225. The van der Waals surface area contributed by atoms with Crippen LogP contribution in [0.15, 0.2) is 0 Å². The highest BCUT2D eigenvalue weighted by Crippen LogP contribution is 2.16. The van der Waals surface area contributed by atoms with Crippen molar-refractivity contribution in [1.29, 1.82) is 0 Å². The molecule has 0 aliphatic carbocycles. The number of carbonyl (C=O) groups excluding carboxylic acids is 1. The monoisotopic (exact) mass is 197 g/mol. The molecular weight excluding hydrogens is 178 g/mol. The van der Waals surface area contributed by atoms with Gasteiger partial charge in [-0.2, -0.15) is 0 Å². The van der Waals surface area contributed by atoms with E-state index in [-0.39, 0.29) is 6.03 Å². The summed E-state index contributed by atoms with van der Waals surface area (Å²) >= 11 is 0. The minimum atomic E-state index is 0.234. The Balaban J connectivity index is 2.00. The van der Waals surface area contributed by atoms with Gasteiger partial charge in [-0.3, -0.25) is 0 Å². The maximum atomic E-state index is 12.0. The van der Waals surface area contributed by atoms with Gasteiger partial charge in [0.15, 0.2) is 0 Å². The van der Waals surface area contributed by atoms with E-state index < -0.39 is 0 Å². The van der Waals surface area contributed by atoms with Gasteiger partial charge in [-0.1, -0.05) is 0 Å². The number of hydrogen-bond donors (Lipinski definition) is 1. The summed E-state index contributed by atoms with van der Waals surface area (Å²) in [6.07, 6.45) is 1.11. The van der Waals surface area contributed by atoms with Crippen LogP contribution in [0.1, 0.15) is 20.3 Å². The van der Waals surface area contributed by atoms with Gasteiger partial charge >= 0.3 is 6.03 Å². The van der Waals surface area contributed by atoms with E-state index in [1.54, 1.807) is 0 Å². The van der Waals surface area contributed by atoms with Crippen LogP contribution in [0.25, 0.3) is 0 Å². The lowest BCUT2D eigenvalue weighted by molar-refractivity contribution is 0.0807. The van der Waals surface area contributed by atoms with E-state index in [0.717, 1.165) is 32.6 Å². The number of carbonyl (C=O) groups is 1. The predicted molar refractivity (Wildman–Crippen MR) is 55.2 cm³/mol. The van der Waals surface area contributed by atoms with E-state index in [0.29, 0.717) is 12.1 Å². The zero-order chi connectivity index (χ0) is 10.1. The first kappa shape index (κ1) is 9.77. The highest BCUT2D eigenvalue weighted by atomic mass is 16.2. The SMILES string of the molecule is CC(C)N1CCCN(C2CNC2)C1=O. The van der Waals surface area contributed by atoms with Gasteiger partial charge in [0, 0.05) is 32.2 Å². The third-order valence-corrected chi connectivity index (χ3v) is 3.11. The smallest absolute Gasteiger partial charge is 0.320 e. The summed E-state index contributed by atoms with van der Waals surface area (Å²) in [5.74, 6) is 0. The van der Waals surface area contributed by atoms with Gasteiger partial charge in [0.25, 0.3) is 0 Å². The predicted octanol–water partition coefficient (Wildman–Crippen LogP) is 0.494. The lowest BCUT2D eigenvalue weighted by Crippen LogP contribution is -2.64. The molecule has 0 unspecified atom stereocenters. The second-order valence-electron chi connectivity index (χ2n) is 4.43. The van der Waals surface area contributed by atoms with Crippen molar-refractivity contribution >= 4 is 6.03 Å². The van der Waals surface area contributed by atoms with Crippen molar-refractivity contribution in [3.8, 4) is 0 Å². The molecule has 0 aromatic carbocycles. The van der Waals surface area contributed by atoms with Crippen LogP contribution >= 0.6 is 0 Å². The number of amides is 2. The highest BCUT2D eigenvalue weighted by Gasteiger charge is 2.34. The maximum absolute atomic E-state index is 12.0. The second-order valence-corrected chi connectivity index (χ2v) is 4.43. The van der Waals surface area contributed by atoms with E-state index in [2.05, 4.69) is 19.2 Å². The molecule has 2 rings (SSSR count). The average molecular weight is 197 g/mol. The fourth-order valence-corrected chi connectivity index (χ4v) is 2.08. The van der Waals surface area contributed by atoms with Gasteiger partial charge in [-0.05, 0) is 20.3 Å². The summed E-state index contributed by atoms with van der Waals surface area (Å²) < 4.78 is 0. The third kappa shape index (κ3) is 1.59. The molecule has 80 valence electrons. The van der Waals surface area contributed by atoms with E-state index in [4.69, 9.17) is 0 Å². The molecule has 2 aliphatic heterocycles. The molecule has 0 atom stereocenters. The van der Waals surface area contributed by atoms with Crippen LogP contribution in [0.3, 0.4) is 0 Å². The number of nitrogens with one attached hydrogen (secondary N) is 1. The van der Waals surface area contributed by atoms with Gasteiger partial charge in [-0.15, -0.1) is 0 Å². The first-order chi connectivity index (χ1) is 6.70. The largest absolute Gasteiger partial charge is 0.322 e. The van der Waals surface area contributed by atoms with Crippen molar-refractivity contribution < 1.29 is 4.79 Å². The Hall–Kier alpha value is -0.770. The lowest BCUT2D eigenvalue weighted by atomic mass is 10.1. The van der Waals surface area contributed by atoms with E-state index >= 15 is 0 Å². The molecule has 0 radical (unpaired) electrons. The molecular formula is C10H19N3O. The van der Waals surface area contributed by atoms with Gasteiger partial charge in [0.1, 0.15) is 0 Å². The van der Waals surface area contributed by atoms with Crippen molar-refractivity contribution in [2.24, 2.45) is 0 Å². The fraction of sp³-hybridized carbons (Fsp3) is 0.900. The molecule has 2 aliphatic rings. The molecule has 4 heteroatoms. The summed E-state index contributed by atoms with van der Waals surface area (Å²) in [5, 5.41) is 3.21. The average Bonchev–Trinajstić information content (AvgIpc) is 2.04. The Kier molecular flexibility index (Phi) is 2.63. The van der Waals surface area contributed by atoms with E-state index in [9.17, 15) is 4.79 Å². The summed E-state index contributed by atoms with van der Waals surface area (Å²) in [4.78, 5) is 16.0. The number of rotatable bonds is 2. The Morgan fingerprint density at radius 3 is 2.57 bits per heavy atom. The van der Waals surface area contributed by atoms with Crippen LogP contribution < -0.4 is 5.32 Å². The van der Waals surface area contributed by atoms with Crippen molar-refractivity contribution in [2.45, 2.75) is 32.4 Å². The fourth-order valence-electron chi connectivity index (χ4n) is 2.08. The highest BCUT2D eigenvalue weighted by molar-refractivity contribution is 5.76. The molecule has 14 heavy (non-hydrogen) atoms. The molecule has 2 amide bonds. The van der Waals surface area contributed by atoms with Crippen molar-refractivity contribution in [3.63, 3.8) is 0 Å². The van der Waals surface area contributed by atoms with Crippen LogP contribution in [-0.2, 0) is 0 Å². The van der Waals surface area contributed by atoms with Crippen LogP contribution in [0.2, 0.25) is 0 Å². The second kappa shape index (κ2) is 3.77. The Morgan fingerprint density at radius 1 is 1.36 bits per heavy atom. The minimum absolute atomic E-state index is 0.234. The summed E-state index contributed by atoms with van der Waals surface area (Å²) in [5.41, 5.74) is 0. The first-order valence-corrected chi connectivity index (χ1v) is 5.48. The van der Waals surface area contributed by atoms with Crippen LogP contribution in [0.5, 0.6) is 0 Å². The molecule has 2 saturated heterocycles. The molecule has 4 nitrogen and oxygen atoms in total. The summed E-state index contributed by atoms with van der Waals surface area (Å²) in [6, 6.07) is 1.01. The molecule has 2 fully saturated rings. The van der Waals surface area contributed by atoms with Gasteiger partial charge < -0.3 is 15.1 Å². The molecule has 0 saturated carbocycles. The Morgan fingerprint density at radius 2 is 2.07 bits per heavy atom. The van der Waals surface area contributed by atoms with Crippen molar-refractivity contribution in [2.75, 3.05) is 26.2 Å². The van der Waals surface area contributed by atoms with E-state index in [1.165, 1.54) is 0 Å². The van der Waals surface area contributed by atoms with Crippen LogP contribution in [0.4, 0.5) is 4.79 Å². The maximum Gasteiger partial charge on any atom is 0.320 e. The summed E-state index contributed by atoms with van der Waals surface area (Å²) in [6.45, 7) is 7.97. The lowest BCUT2D eigenvalue weighted by Gasteiger charge is -2.45. The molecule has 2 heterocycles. The standard InChI is InChI=1S/C10H19N3O/c1-8(2)12-4-3-5-13(10(12)14)9-6-11-7-9/h8-9,11H,3-7H2,1-2H3. The van der Waals surface area contributed by atoms with Crippen LogP contribution in [-0.4, -0.2) is 54.1 Å². The molecule has 1 N–H and O–H groups in total. The Labute approximate surface area is 85.2 Å². The topological polar surface area (TPSA) is 35.6 Å². The molecule has 0 aromatic rings. The molecule has 0 spiro atoms. The van der Waals surface area contributed by atoms with Crippen molar-refractivity contribution in [1.82, 2.24) is 15.1 Å². The number of nitrogens with zero attached hydrogens (tertiary/aromatic N) is 2. The van der Waals surface area contributed by atoms with Crippen molar-refractivity contribution in [3.05, 3.63) is 0 Å². The summed E-state index contributed by atoms with van der Waals surface area (Å²) in [7, 11) is 0. The van der Waals surface area contributed by atoms with Crippen LogP contribution in [0, 0.1) is 0 Å². The molecule has 0 bridgehead atoms. The quantitative estimate of drug-likeness (QED) is 0.699. The zero-order valence-electron chi connectivity index (χ0n) is 8.99. The van der Waals surface area contributed by atoms with Gasteiger partial charge in [0.05, 0.1) is 6.04 Å². The normalized spacial score (nSPS) is 24.4. The number of urea groups is 1. The van der Waals surface area contributed by atoms with Gasteiger partial charge in [-0.25, -0.2) is 4.79 Å². The molecule has 0 aromatic heterocycles. The number of hydrogen-bond acceptors (Lipinski definition) is 2. The zero-order valence-corrected chi connectivity index (χ0v) is 8.99.